The molecule has 1 saturated carbocycles. The zero-order valence-corrected chi connectivity index (χ0v) is 21.6. The molecule has 0 radical (unpaired) electrons. The van der Waals surface area contributed by atoms with E-state index in [9.17, 15) is 0 Å². The van der Waals surface area contributed by atoms with Crippen LogP contribution in [0.15, 0.2) is 73.1 Å². The summed E-state index contributed by atoms with van der Waals surface area (Å²) >= 11 is 0. The van der Waals surface area contributed by atoms with Gasteiger partial charge in [-0.15, -0.1) is 0 Å². The highest BCUT2D eigenvalue weighted by Crippen LogP contribution is 2.33. The van der Waals surface area contributed by atoms with E-state index in [-0.39, 0.29) is 6.10 Å². The van der Waals surface area contributed by atoms with E-state index in [1.807, 2.05) is 54.7 Å². The molecule has 194 valence electrons. The Morgan fingerprint density at radius 1 is 0.795 bits per heavy atom. The molecule has 4 aromatic heterocycles. The molecule has 2 N–H and O–H groups in total. The van der Waals surface area contributed by atoms with Gasteiger partial charge in [0.05, 0.1) is 41.7 Å². The van der Waals surface area contributed by atoms with Crippen LogP contribution in [0, 0.1) is 0 Å². The first kappa shape index (κ1) is 23.4. The lowest BCUT2D eigenvalue weighted by molar-refractivity contribution is 0.154. The van der Waals surface area contributed by atoms with Gasteiger partial charge in [-0.1, -0.05) is 30.7 Å². The molecule has 1 aliphatic carbocycles. The SMILES string of the molecule is COc1cccc(-c2cccc3[nH]c(-c4n[nH]c5ccc(-c6cncc(OC7CCCCC7)c6)nc45)nc23)c1. The Morgan fingerprint density at radius 3 is 2.56 bits per heavy atom. The smallest absolute Gasteiger partial charge is 0.161 e. The minimum atomic E-state index is 0.265. The number of methoxy groups -OCH3 is 1. The number of nitrogens with zero attached hydrogens (tertiary/aromatic N) is 4. The van der Waals surface area contributed by atoms with Gasteiger partial charge in [0.15, 0.2) is 11.5 Å². The van der Waals surface area contributed by atoms with Crippen LogP contribution < -0.4 is 9.47 Å². The summed E-state index contributed by atoms with van der Waals surface area (Å²) in [7, 11) is 1.67. The monoisotopic (exact) mass is 516 g/mol. The maximum Gasteiger partial charge on any atom is 0.161 e. The maximum atomic E-state index is 6.25. The predicted octanol–water partition coefficient (Wildman–Crippen LogP) is 6.95. The van der Waals surface area contributed by atoms with Gasteiger partial charge in [0.25, 0.3) is 0 Å². The van der Waals surface area contributed by atoms with Crippen molar-refractivity contribution in [3.63, 3.8) is 0 Å². The molecule has 1 fully saturated rings. The largest absolute Gasteiger partial charge is 0.497 e. The summed E-state index contributed by atoms with van der Waals surface area (Å²) in [5.41, 5.74) is 7.80. The average molecular weight is 517 g/mol. The van der Waals surface area contributed by atoms with Crippen molar-refractivity contribution in [3.8, 4) is 45.4 Å². The number of aromatic nitrogens is 6. The molecular formula is C31H28N6O2. The van der Waals surface area contributed by atoms with Crippen molar-refractivity contribution in [3.05, 3.63) is 73.1 Å². The van der Waals surface area contributed by atoms with E-state index in [2.05, 4.69) is 32.3 Å². The third-order valence-corrected chi connectivity index (χ3v) is 7.39. The van der Waals surface area contributed by atoms with Crippen LogP contribution in [0.5, 0.6) is 11.5 Å². The Bertz CT molecular complexity index is 1780. The highest BCUT2D eigenvalue weighted by molar-refractivity contribution is 5.96. The molecular weight excluding hydrogens is 488 g/mol. The van der Waals surface area contributed by atoms with Gasteiger partial charge >= 0.3 is 0 Å². The van der Waals surface area contributed by atoms with Crippen LogP contribution in [0.3, 0.4) is 0 Å². The second-order valence-electron chi connectivity index (χ2n) is 9.97. The summed E-state index contributed by atoms with van der Waals surface area (Å²) in [6, 6.07) is 20.1. The van der Waals surface area contributed by atoms with Gasteiger partial charge < -0.3 is 14.5 Å². The van der Waals surface area contributed by atoms with Gasteiger partial charge in [0.1, 0.15) is 17.0 Å². The number of hydrogen-bond donors (Lipinski definition) is 2. The third-order valence-electron chi connectivity index (χ3n) is 7.39. The molecule has 0 bridgehead atoms. The van der Waals surface area contributed by atoms with Gasteiger partial charge in [-0.3, -0.25) is 10.1 Å². The molecule has 4 heterocycles. The van der Waals surface area contributed by atoms with Crippen molar-refractivity contribution in [2.75, 3.05) is 7.11 Å². The molecule has 0 unspecified atom stereocenters. The molecule has 2 aromatic carbocycles. The zero-order chi connectivity index (χ0) is 26.2. The topological polar surface area (TPSA) is 102 Å². The van der Waals surface area contributed by atoms with Crippen molar-refractivity contribution < 1.29 is 9.47 Å². The third kappa shape index (κ3) is 4.48. The Balaban J connectivity index is 1.25. The van der Waals surface area contributed by atoms with Crippen LogP contribution in [0.4, 0.5) is 0 Å². The van der Waals surface area contributed by atoms with Crippen molar-refractivity contribution >= 4 is 22.1 Å². The van der Waals surface area contributed by atoms with E-state index in [1.54, 1.807) is 13.3 Å². The standard InChI is InChI=1S/C31H28N6O2/c1-38-22-10-5-7-19(15-22)24-11-6-12-26-28(24)35-31(34-26)30-29-27(36-37-30)14-13-25(33-29)20-16-23(18-32-17-20)39-21-8-3-2-4-9-21/h5-7,10-18,21H,2-4,8-9H2,1H3,(H,34,35)(H,36,37). The lowest BCUT2D eigenvalue weighted by atomic mass is 9.98. The van der Waals surface area contributed by atoms with Gasteiger partial charge in [-0.2, -0.15) is 5.10 Å². The first-order chi connectivity index (χ1) is 19.2. The van der Waals surface area contributed by atoms with E-state index in [0.717, 1.165) is 68.8 Å². The van der Waals surface area contributed by atoms with Crippen LogP contribution >= 0.6 is 0 Å². The summed E-state index contributed by atoms with van der Waals surface area (Å²) in [5, 5.41) is 7.69. The molecule has 8 nitrogen and oxygen atoms in total. The van der Waals surface area contributed by atoms with Crippen molar-refractivity contribution in [1.29, 1.82) is 0 Å². The van der Waals surface area contributed by atoms with Crippen molar-refractivity contribution in [2.24, 2.45) is 0 Å². The number of aromatic amines is 2. The molecule has 8 heteroatoms. The van der Waals surface area contributed by atoms with Crippen LogP contribution in [0.1, 0.15) is 32.1 Å². The Hall–Kier alpha value is -4.72. The number of rotatable bonds is 6. The molecule has 1 aliphatic rings. The summed E-state index contributed by atoms with van der Waals surface area (Å²) < 4.78 is 11.7. The first-order valence-corrected chi connectivity index (χ1v) is 13.4. The molecule has 0 amide bonds. The second kappa shape index (κ2) is 9.87. The second-order valence-corrected chi connectivity index (χ2v) is 9.97. The number of ether oxygens (including phenoxy) is 2. The van der Waals surface area contributed by atoms with E-state index < -0.39 is 0 Å². The molecule has 39 heavy (non-hydrogen) atoms. The predicted molar refractivity (Wildman–Crippen MR) is 152 cm³/mol. The highest BCUT2D eigenvalue weighted by atomic mass is 16.5. The molecule has 0 atom stereocenters. The maximum absolute atomic E-state index is 6.25. The van der Waals surface area contributed by atoms with Gasteiger partial charge in [0, 0.05) is 17.3 Å². The van der Waals surface area contributed by atoms with Crippen LogP contribution in [-0.4, -0.2) is 43.3 Å². The number of fused-ring (bicyclic) bond motifs is 2. The number of benzene rings is 2. The average Bonchev–Trinajstić information content (AvgIpc) is 3.61. The minimum Gasteiger partial charge on any atom is -0.497 e. The lowest BCUT2D eigenvalue weighted by Gasteiger charge is -2.22. The first-order valence-electron chi connectivity index (χ1n) is 13.4. The fourth-order valence-electron chi connectivity index (χ4n) is 5.39. The molecule has 0 spiro atoms. The zero-order valence-electron chi connectivity index (χ0n) is 21.6. The fourth-order valence-corrected chi connectivity index (χ4v) is 5.39. The Morgan fingerprint density at radius 2 is 1.67 bits per heavy atom. The summed E-state index contributed by atoms with van der Waals surface area (Å²) in [4.78, 5) is 17.8. The van der Waals surface area contributed by atoms with Crippen molar-refractivity contribution in [1.82, 2.24) is 30.1 Å². The number of H-pyrrole nitrogens is 2. The molecule has 0 saturated heterocycles. The van der Waals surface area contributed by atoms with E-state index in [4.69, 9.17) is 19.4 Å². The molecule has 0 aliphatic heterocycles. The minimum absolute atomic E-state index is 0.265. The number of hydrogen-bond acceptors (Lipinski definition) is 6. The van der Waals surface area contributed by atoms with Gasteiger partial charge in [-0.25, -0.2) is 9.97 Å². The number of para-hydroxylation sites is 1. The molecule has 7 rings (SSSR count). The van der Waals surface area contributed by atoms with Gasteiger partial charge in [-0.05, 0) is 67.6 Å². The Labute approximate surface area is 225 Å². The van der Waals surface area contributed by atoms with E-state index >= 15 is 0 Å². The fraction of sp³-hybridized carbons (Fsp3) is 0.226. The molecule has 6 aromatic rings. The van der Waals surface area contributed by atoms with Crippen LogP contribution in [-0.2, 0) is 0 Å². The summed E-state index contributed by atoms with van der Waals surface area (Å²) in [6.07, 6.45) is 9.82. The summed E-state index contributed by atoms with van der Waals surface area (Å²) in [5.74, 6) is 2.25. The van der Waals surface area contributed by atoms with Gasteiger partial charge in [0.2, 0.25) is 0 Å². The lowest BCUT2D eigenvalue weighted by Crippen LogP contribution is -2.19. The summed E-state index contributed by atoms with van der Waals surface area (Å²) in [6.45, 7) is 0. The van der Waals surface area contributed by atoms with Crippen molar-refractivity contribution in [2.45, 2.75) is 38.2 Å². The number of nitrogens with one attached hydrogen (secondary N) is 2. The number of imidazole rings is 1. The van der Waals surface area contributed by atoms with Crippen LogP contribution in [0.2, 0.25) is 0 Å². The van der Waals surface area contributed by atoms with E-state index in [0.29, 0.717) is 11.5 Å². The normalized spacial score (nSPS) is 14.2. The quantitative estimate of drug-likeness (QED) is 0.248. The number of pyridine rings is 2. The van der Waals surface area contributed by atoms with E-state index in [1.165, 1.54) is 19.3 Å². The van der Waals surface area contributed by atoms with Crippen LogP contribution in [0.25, 0.3) is 56.0 Å². The highest BCUT2D eigenvalue weighted by Gasteiger charge is 2.18. The Kier molecular flexibility index (Phi) is 5.92.